The van der Waals surface area contributed by atoms with Crippen molar-refractivity contribution in [3.05, 3.63) is 64.4 Å². The van der Waals surface area contributed by atoms with Gasteiger partial charge in [0, 0.05) is 17.9 Å². The standard InChI is InChI=1S/C24H24ClNO4/c1-15-2-3-17(16-4-6-18(25)7-5-16)14-19(15)20-21(27)23(26-22(20)28)8-10-24(11-9-23)29-12-13-30-24/h2-7,14,27H,8-13H2,1H3,(H,26,28). The van der Waals surface area contributed by atoms with Gasteiger partial charge in [-0.05, 0) is 60.2 Å². The van der Waals surface area contributed by atoms with Crippen LogP contribution in [0.3, 0.4) is 0 Å². The fourth-order valence-corrected chi connectivity index (χ4v) is 4.98. The summed E-state index contributed by atoms with van der Waals surface area (Å²) in [6, 6.07) is 13.5. The van der Waals surface area contributed by atoms with Gasteiger partial charge in [-0.25, -0.2) is 0 Å². The molecule has 2 aromatic carbocycles. The smallest absolute Gasteiger partial charge is 0.256 e. The van der Waals surface area contributed by atoms with Crippen molar-refractivity contribution >= 4 is 23.1 Å². The second kappa shape index (κ2) is 7.12. The average Bonchev–Trinajstić information content (AvgIpc) is 3.29. The summed E-state index contributed by atoms with van der Waals surface area (Å²) >= 11 is 6.01. The number of carbonyl (C=O) groups excluding carboxylic acids is 1. The van der Waals surface area contributed by atoms with Crippen LogP contribution in [-0.4, -0.2) is 35.6 Å². The van der Waals surface area contributed by atoms with Crippen LogP contribution in [0.2, 0.25) is 5.02 Å². The van der Waals surface area contributed by atoms with Gasteiger partial charge in [0.25, 0.3) is 5.91 Å². The molecule has 1 saturated carbocycles. The molecule has 2 aromatic rings. The number of carbonyl (C=O) groups is 1. The van der Waals surface area contributed by atoms with E-state index < -0.39 is 11.3 Å². The zero-order valence-corrected chi connectivity index (χ0v) is 17.6. The third kappa shape index (κ3) is 3.13. The topological polar surface area (TPSA) is 67.8 Å². The highest BCUT2D eigenvalue weighted by Gasteiger charge is 2.53. The molecule has 156 valence electrons. The highest BCUT2D eigenvalue weighted by molar-refractivity contribution is 6.30. The zero-order valence-electron chi connectivity index (χ0n) is 16.8. The van der Waals surface area contributed by atoms with Gasteiger partial charge in [-0.15, -0.1) is 0 Å². The van der Waals surface area contributed by atoms with Crippen LogP contribution >= 0.6 is 11.6 Å². The van der Waals surface area contributed by atoms with Crippen LogP contribution in [0.4, 0.5) is 0 Å². The van der Waals surface area contributed by atoms with E-state index in [-0.39, 0.29) is 11.7 Å². The highest BCUT2D eigenvalue weighted by Crippen LogP contribution is 2.47. The molecule has 2 spiro atoms. The summed E-state index contributed by atoms with van der Waals surface area (Å²) in [4.78, 5) is 13.0. The fourth-order valence-electron chi connectivity index (χ4n) is 4.85. The number of hydrogen-bond donors (Lipinski definition) is 2. The molecule has 5 nitrogen and oxygen atoms in total. The van der Waals surface area contributed by atoms with Gasteiger partial charge in [-0.1, -0.05) is 35.9 Å². The molecular formula is C24H24ClNO4. The molecule has 0 atom stereocenters. The Bertz CT molecular complexity index is 1030. The second-order valence-electron chi connectivity index (χ2n) is 8.40. The molecule has 0 radical (unpaired) electrons. The zero-order chi connectivity index (χ0) is 20.9. The normalized spacial score (nSPS) is 22.1. The van der Waals surface area contributed by atoms with Crippen molar-refractivity contribution in [2.45, 2.75) is 43.9 Å². The van der Waals surface area contributed by atoms with E-state index in [2.05, 4.69) is 5.32 Å². The molecule has 2 N–H and O–H groups in total. The molecule has 2 aliphatic heterocycles. The predicted molar refractivity (Wildman–Crippen MR) is 115 cm³/mol. The minimum absolute atomic E-state index is 0.136. The average molecular weight is 426 g/mol. The minimum atomic E-state index is -0.740. The van der Waals surface area contributed by atoms with E-state index in [0.717, 1.165) is 22.3 Å². The van der Waals surface area contributed by atoms with Gasteiger partial charge >= 0.3 is 0 Å². The van der Waals surface area contributed by atoms with Crippen molar-refractivity contribution in [2.75, 3.05) is 13.2 Å². The molecule has 0 aromatic heterocycles. The van der Waals surface area contributed by atoms with Crippen LogP contribution < -0.4 is 5.32 Å². The number of aliphatic hydroxyl groups excluding tert-OH is 1. The number of hydrogen-bond acceptors (Lipinski definition) is 4. The maximum absolute atomic E-state index is 13.0. The maximum Gasteiger partial charge on any atom is 0.256 e. The van der Waals surface area contributed by atoms with E-state index in [1.807, 2.05) is 49.4 Å². The molecule has 6 heteroatoms. The van der Waals surface area contributed by atoms with E-state index >= 15 is 0 Å². The number of halogens is 1. The summed E-state index contributed by atoms with van der Waals surface area (Å²) in [5, 5.41) is 15.0. The minimum Gasteiger partial charge on any atom is -0.509 e. The summed E-state index contributed by atoms with van der Waals surface area (Å²) in [5.41, 5.74) is 3.29. The van der Waals surface area contributed by atoms with Gasteiger partial charge in [0.2, 0.25) is 0 Å². The Labute approximate surface area is 180 Å². The SMILES string of the molecule is Cc1ccc(-c2ccc(Cl)cc2)cc1C1=C(O)C2(CCC3(CC2)OCCO3)NC1=O. The van der Waals surface area contributed by atoms with Crippen LogP contribution in [0.1, 0.15) is 36.8 Å². The lowest BCUT2D eigenvalue weighted by Crippen LogP contribution is -2.51. The first-order valence-corrected chi connectivity index (χ1v) is 10.7. The summed E-state index contributed by atoms with van der Waals surface area (Å²) < 4.78 is 11.6. The lowest BCUT2D eigenvalue weighted by atomic mass is 9.77. The molecule has 1 saturated heterocycles. The third-order valence-electron chi connectivity index (χ3n) is 6.63. The van der Waals surface area contributed by atoms with Gasteiger partial charge in [-0.3, -0.25) is 4.79 Å². The number of amides is 1. The van der Waals surface area contributed by atoms with Gasteiger partial charge in [-0.2, -0.15) is 0 Å². The van der Waals surface area contributed by atoms with Crippen LogP contribution in [-0.2, 0) is 14.3 Å². The highest BCUT2D eigenvalue weighted by atomic mass is 35.5. The number of nitrogens with one attached hydrogen (secondary N) is 1. The first kappa shape index (κ1) is 19.6. The molecular weight excluding hydrogens is 402 g/mol. The first-order chi connectivity index (χ1) is 14.4. The lowest BCUT2D eigenvalue weighted by Gasteiger charge is -2.41. The monoisotopic (exact) mass is 425 g/mol. The first-order valence-electron chi connectivity index (χ1n) is 10.3. The fraction of sp³-hybridized carbons (Fsp3) is 0.375. The summed E-state index contributed by atoms with van der Waals surface area (Å²) in [5.74, 6) is -0.645. The van der Waals surface area contributed by atoms with Gasteiger partial charge < -0.3 is 19.9 Å². The summed E-state index contributed by atoms with van der Waals surface area (Å²) in [6.45, 7) is 3.15. The van der Waals surface area contributed by atoms with Crippen LogP contribution in [0.5, 0.6) is 0 Å². The second-order valence-corrected chi connectivity index (χ2v) is 8.84. The largest absolute Gasteiger partial charge is 0.509 e. The lowest BCUT2D eigenvalue weighted by molar-refractivity contribution is -0.185. The Balaban J connectivity index is 1.51. The molecule has 1 amide bonds. The summed E-state index contributed by atoms with van der Waals surface area (Å²) in [7, 11) is 0. The quantitative estimate of drug-likeness (QED) is 0.727. The Morgan fingerprint density at radius 1 is 0.967 bits per heavy atom. The maximum atomic E-state index is 13.0. The molecule has 0 bridgehead atoms. The molecule has 1 aliphatic carbocycles. The Morgan fingerprint density at radius 2 is 1.60 bits per heavy atom. The van der Waals surface area contributed by atoms with E-state index in [1.54, 1.807) is 0 Å². The van der Waals surface area contributed by atoms with Crippen LogP contribution in [0.15, 0.2) is 48.2 Å². The van der Waals surface area contributed by atoms with Gasteiger partial charge in [0.05, 0.1) is 24.3 Å². The van der Waals surface area contributed by atoms with E-state index in [0.29, 0.717) is 49.5 Å². The predicted octanol–water partition coefficient (Wildman–Crippen LogP) is 4.77. The van der Waals surface area contributed by atoms with Crippen molar-refractivity contribution in [3.63, 3.8) is 0 Å². The Morgan fingerprint density at radius 3 is 2.27 bits per heavy atom. The van der Waals surface area contributed by atoms with E-state index in [4.69, 9.17) is 21.1 Å². The van der Waals surface area contributed by atoms with Crippen LogP contribution in [0.25, 0.3) is 16.7 Å². The van der Waals surface area contributed by atoms with E-state index in [1.165, 1.54) is 0 Å². The Hall–Kier alpha value is -2.34. The van der Waals surface area contributed by atoms with Crippen molar-refractivity contribution in [2.24, 2.45) is 0 Å². The number of benzene rings is 2. The van der Waals surface area contributed by atoms with Crippen molar-refractivity contribution < 1.29 is 19.4 Å². The molecule has 5 rings (SSSR count). The van der Waals surface area contributed by atoms with Crippen molar-refractivity contribution in [1.82, 2.24) is 5.32 Å². The number of rotatable bonds is 2. The molecule has 3 aliphatic rings. The summed E-state index contributed by atoms with van der Waals surface area (Å²) in [6.07, 6.45) is 2.47. The van der Waals surface area contributed by atoms with Gasteiger partial charge in [0.15, 0.2) is 5.79 Å². The number of aryl methyl sites for hydroxylation is 1. The van der Waals surface area contributed by atoms with Gasteiger partial charge in [0.1, 0.15) is 5.76 Å². The van der Waals surface area contributed by atoms with Crippen molar-refractivity contribution in [1.29, 1.82) is 0 Å². The molecule has 0 unspecified atom stereocenters. The third-order valence-corrected chi connectivity index (χ3v) is 6.89. The number of aliphatic hydroxyl groups is 1. The number of ether oxygens (including phenoxy) is 2. The molecule has 2 heterocycles. The van der Waals surface area contributed by atoms with Crippen LogP contribution in [0, 0.1) is 6.92 Å². The molecule has 2 fully saturated rings. The molecule has 30 heavy (non-hydrogen) atoms. The van der Waals surface area contributed by atoms with Crippen molar-refractivity contribution in [3.8, 4) is 11.1 Å². The van der Waals surface area contributed by atoms with E-state index in [9.17, 15) is 9.90 Å². The Kier molecular flexibility index (Phi) is 4.65.